The Hall–Kier alpha value is -1.10. The molecule has 5 nitrogen and oxygen atoms in total. The number of carboxylic acids is 1. The van der Waals surface area contributed by atoms with Crippen molar-refractivity contribution in [2.75, 3.05) is 7.11 Å². The summed E-state index contributed by atoms with van der Waals surface area (Å²) in [6, 6.07) is 0. The van der Waals surface area contributed by atoms with Gasteiger partial charge in [0, 0.05) is 5.92 Å². The van der Waals surface area contributed by atoms with Gasteiger partial charge in [0.15, 0.2) is 5.41 Å². The second kappa shape index (κ2) is 4.18. The van der Waals surface area contributed by atoms with Crippen LogP contribution in [-0.4, -0.2) is 35.4 Å². The molecule has 0 aromatic heterocycles. The molecule has 0 aromatic rings. The molecule has 0 amide bonds. The van der Waals surface area contributed by atoms with E-state index in [9.17, 15) is 14.7 Å². The molecular formula is C10H16O5. The molecule has 0 saturated heterocycles. The van der Waals surface area contributed by atoms with E-state index in [1.54, 1.807) is 0 Å². The van der Waals surface area contributed by atoms with E-state index >= 15 is 0 Å². The van der Waals surface area contributed by atoms with Crippen LogP contribution < -0.4 is 0 Å². The predicted octanol–water partition coefficient (Wildman–Crippen LogP) is 0.411. The minimum atomic E-state index is -1.63. The lowest BCUT2D eigenvalue weighted by atomic mass is 9.75. The van der Waals surface area contributed by atoms with Crippen molar-refractivity contribution in [2.45, 2.75) is 32.3 Å². The lowest BCUT2D eigenvalue weighted by Gasteiger charge is -2.30. The summed E-state index contributed by atoms with van der Waals surface area (Å²) in [5.74, 6) is -2.58. The number of rotatable bonds is 3. The molecule has 1 rings (SSSR count). The van der Waals surface area contributed by atoms with Crippen LogP contribution in [0.25, 0.3) is 0 Å². The maximum Gasteiger partial charge on any atom is 0.323 e. The molecular weight excluding hydrogens is 200 g/mol. The molecule has 3 unspecified atom stereocenters. The fraction of sp³-hybridized carbons (Fsp3) is 0.800. The molecule has 0 aromatic carbocycles. The number of aliphatic hydroxyl groups is 1. The van der Waals surface area contributed by atoms with Crippen LogP contribution in [0.15, 0.2) is 0 Å². The van der Waals surface area contributed by atoms with Crippen molar-refractivity contribution in [3.63, 3.8) is 0 Å². The van der Waals surface area contributed by atoms with E-state index in [0.717, 1.165) is 13.5 Å². The lowest BCUT2D eigenvalue weighted by molar-refractivity contribution is -0.172. The van der Waals surface area contributed by atoms with E-state index in [1.807, 2.05) is 0 Å². The summed E-state index contributed by atoms with van der Waals surface area (Å²) in [6.45, 7) is 1.32. The van der Waals surface area contributed by atoms with Crippen molar-refractivity contribution in [3.05, 3.63) is 0 Å². The van der Waals surface area contributed by atoms with E-state index in [-0.39, 0.29) is 0 Å². The van der Waals surface area contributed by atoms with Crippen LogP contribution >= 0.6 is 0 Å². The highest BCUT2D eigenvalue weighted by molar-refractivity contribution is 5.99. The second-order valence-electron chi connectivity index (χ2n) is 4.10. The Balaban J connectivity index is 3.00. The summed E-state index contributed by atoms with van der Waals surface area (Å²) in [6.07, 6.45) is 1.10. The van der Waals surface area contributed by atoms with E-state index in [2.05, 4.69) is 4.74 Å². The number of methoxy groups -OCH3 is 1. The standard InChI is InChI=1S/C10H16O5/c1-10(8(12)13,9(14)15-2)6-4-3-5-7(6)11/h6-7,11H,3-5H2,1-2H3,(H,12,13). The van der Waals surface area contributed by atoms with Gasteiger partial charge in [-0.15, -0.1) is 0 Å². The van der Waals surface area contributed by atoms with Crippen LogP contribution in [0.2, 0.25) is 0 Å². The molecule has 3 atom stereocenters. The molecule has 2 N–H and O–H groups in total. The topological polar surface area (TPSA) is 83.8 Å². The van der Waals surface area contributed by atoms with Gasteiger partial charge in [0.1, 0.15) is 0 Å². The smallest absolute Gasteiger partial charge is 0.323 e. The first kappa shape index (κ1) is 12.0. The van der Waals surface area contributed by atoms with Crippen LogP contribution in [0, 0.1) is 11.3 Å². The van der Waals surface area contributed by atoms with Gasteiger partial charge in [-0.2, -0.15) is 0 Å². The van der Waals surface area contributed by atoms with Crippen LogP contribution in [0.3, 0.4) is 0 Å². The van der Waals surface area contributed by atoms with E-state index in [0.29, 0.717) is 12.8 Å². The monoisotopic (exact) mass is 216 g/mol. The van der Waals surface area contributed by atoms with Gasteiger partial charge < -0.3 is 14.9 Å². The third-order valence-electron chi connectivity index (χ3n) is 3.27. The quantitative estimate of drug-likeness (QED) is 0.527. The first-order chi connectivity index (χ1) is 6.94. The van der Waals surface area contributed by atoms with Crippen molar-refractivity contribution in [1.29, 1.82) is 0 Å². The minimum absolute atomic E-state index is 0.541. The molecule has 0 aliphatic heterocycles. The number of aliphatic hydroxyl groups excluding tert-OH is 1. The number of ether oxygens (including phenoxy) is 1. The zero-order valence-corrected chi connectivity index (χ0v) is 8.90. The summed E-state index contributed by atoms with van der Waals surface area (Å²) < 4.78 is 4.51. The van der Waals surface area contributed by atoms with E-state index in [4.69, 9.17) is 5.11 Å². The number of esters is 1. The molecule has 0 radical (unpaired) electrons. The number of hydrogen-bond acceptors (Lipinski definition) is 4. The van der Waals surface area contributed by atoms with Crippen LogP contribution in [0.5, 0.6) is 0 Å². The average Bonchev–Trinajstić information content (AvgIpc) is 2.62. The van der Waals surface area contributed by atoms with Crippen molar-refractivity contribution < 1.29 is 24.5 Å². The van der Waals surface area contributed by atoms with Crippen molar-refractivity contribution in [1.82, 2.24) is 0 Å². The third kappa shape index (κ3) is 1.84. The fourth-order valence-electron chi connectivity index (χ4n) is 2.22. The van der Waals surface area contributed by atoms with Gasteiger partial charge in [-0.05, 0) is 19.8 Å². The molecule has 1 saturated carbocycles. The number of carboxylic acid groups (broad SMARTS) is 1. The highest BCUT2D eigenvalue weighted by Gasteiger charge is 2.53. The molecule has 0 spiro atoms. The Kier molecular flexibility index (Phi) is 3.34. The van der Waals surface area contributed by atoms with Crippen LogP contribution in [-0.2, 0) is 14.3 Å². The van der Waals surface area contributed by atoms with Gasteiger partial charge >= 0.3 is 11.9 Å². The Morgan fingerprint density at radius 3 is 2.33 bits per heavy atom. The zero-order chi connectivity index (χ0) is 11.6. The van der Waals surface area contributed by atoms with Crippen LogP contribution in [0.4, 0.5) is 0 Å². The molecule has 86 valence electrons. The zero-order valence-electron chi connectivity index (χ0n) is 8.90. The van der Waals surface area contributed by atoms with E-state index < -0.39 is 29.4 Å². The average molecular weight is 216 g/mol. The second-order valence-corrected chi connectivity index (χ2v) is 4.10. The number of aliphatic carboxylic acids is 1. The van der Waals surface area contributed by atoms with Gasteiger partial charge in [-0.3, -0.25) is 9.59 Å². The highest BCUT2D eigenvalue weighted by atomic mass is 16.5. The first-order valence-electron chi connectivity index (χ1n) is 4.94. The van der Waals surface area contributed by atoms with Gasteiger partial charge in [-0.1, -0.05) is 6.42 Å². The van der Waals surface area contributed by atoms with E-state index in [1.165, 1.54) is 6.92 Å². The Morgan fingerprint density at radius 1 is 1.40 bits per heavy atom. The predicted molar refractivity (Wildman–Crippen MR) is 51.1 cm³/mol. The third-order valence-corrected chi connectivity index (χ3v) is 3.27. The molecule has 1 fully saturated rings. The lowest BCUT2D eigenvalue weighted by Crippen LogP contribution is -2.46. The molecule has 1 aliphatic rings. The van der Waals surface area contributed by atoms with Gasteiger partial charge in [-0.25, -0.2) is 0 Å². The first-order valence-corrected chi connectivity index (χ1v) is 4.94. The van der Waals surface area contributed by atoms with Crippen molar-refractivity contribution in [2.24, 2.45) is 11.3 Å². The molecule has 1 aliphatic carbocycles. The maximum absolute atomic E-state index is 11.5. The molecule has 0 heterocycles. The largest absolute Gasteiger partial charge is 0.480 e. The molecule has 0 bridgehead atoms. The van der Waals surface area contributed by atoms with Gasteiger partial charge in [0.25, 0.3) is 0 Å². The normalized spacial score (nSPS) is 29.5. The number of hydrogen-bond donors (Lipinski definition) is 2. The van der Waals surface area contributed by atoms with Gasteiger partial charge in [0.2, 0.25) is 0 Å². The summed E-state index contributed by atoms with van der Waals surface area (Å²) in [4.78, 5) is 22.6. The summed E-state index contributed by atoms with van der Waals surface area (Å²) in [7, 11) is 1.16. The van der Waals surface area contributed by atoms with Crippen LogP contribution in [0.1, 0.15) is 26.2 Å². The number of carbonyl (C=O) groups excluding carboxylic acids is 1. The fourth-order valence-corrected chi connectivity index (χ4v) is 2.22. The summed E-state index contributed by atoms with van der Waals surface area (Å²) in [5.41, 5.74) is -1.63. The Labute approximate surface area is 88.0 Å². The van der Waals surface area contributed by atoms with Crippen molar-refractivity contribution >= 4 is 11.9 Å². The van der Waals surface area contributed by atoms with Gasteiger partial charge in [0.05, 0.1) is 13.2 Å². The Bertz CT molecular complexity index is 275. The number of carbonyl (C=O) groups is 2. The minimum Gasteiger partial charge on any atom is -0.480 e. The summed E-state index contributed by atoms with van der Waals surface area (Å²) in [5, 5.41) is 18.7. The molecule has 15 heavy (non-hydrogen) atoms. The SMILES string of the molecule is COC(=O)C(C)(C(=O)O)C1CCCC1O. The van der Waals surface area contributed by atoms with Crippen molar-refractivity contribution in [3.8, 4) is 0 Å². The molecule has 5 heteroatoms. The Morgan fingerprint density at radius 2 is 2.00 bits per heavy atom. The highest BCUT2D eigenvalue weighted by Crippen LogP contribution is 2.41. The maximum atomic E-state index is 11.5. The summed E-state index contributed by atoms with van der Waals surface area (Å²) >= 11 is 0.